The van der Waals surface area contributed by atoms with E-state index in [1.807, 2.05) is 0 Å². The highest BCUT2D eigenvalue weighted by atomic mass is 19.2. The van der Waals surface area contributed by atoms with Crippen LogP contribution in [-0.2, 0) is 12.8 Å². The van der Waals surface area contributed by atoms with Crippen LogP contribution in [-0.4, -0.2) is 0 Å². The van der Waals surface area contributed by atoms with E-state index in [9.17, 15) is 17.6 Å². The van der Waals surface area contributed by atoms with Crippen molar-refractivity contribution in [2.75, 3.05) is 0 Å². The molecule has 19 heavy (non-hydrogen) atoms. The minimum absolute atomic E-state index is 0.114. The van der Waals surface area contributed by atoms with E-state index < -0.39 is 23.3 Å². The monoisotopic (exact) mass is 268 g/mol. The van der Waals surface area contributed by atoms with Gasteiger partial charge in [0.25, 0.3) is 0 Å². The number of hydrogen-bond acceptors (Lipinski definition) is 0. The molecule has 0 bridgehead atoms. The van der Waals surface area contributed by atoms with Crippen LogP contribution in [0.4, 0.5) is 17.6 Å². The number of rotatable bonds is 3. The first-order valence-electron chi connectivity index (χ1n) is 5.87. The van der Waals surface area contributed by atoms with Gasteiger partial charge in [0.1, 0.15) is 0 Å². The van der Waals surface area contributed by atoms with Crippen LogP contribution in [0, 0.1) is 30.2 Å². The summed E-state index contributed by atoms with van der Waals surface area (Å²) in [4.78, 5) is 0. The highest BCUT2D eigenvalue weighted by Gasteiger charge is 2.12. The second-order valence-electron chi connectivity index (χ2n) is 4.38. The van der Waals surface area contributed by atoms with Gasteiger partial charge in [0.15, 0.2) is 23.3 Å². The zero-order valence-electron chi connectivity index (χ0n) is 10.3. The van der Waals surface area contributed by atoms with E-state index in [4.69, 9.17) is 0 Å². The molecule has 2 rings (SSSR count). The Morgan fingerprint density at radius 3 is 2.05 bits per heavy atom. The smallest absolute Gasteiger partial charge is 0.162 e. The van der Waals surface area contributed by atoms with Gasteiger partial charge in [0, 0.05) is 0 Å². The van der Waals surface area contributed by atoms with E-state index in [0.29, 0.717) is 0 Å². The Kier molecular flexibility index (Phi) is 3.88. The number of halogens is 4. The average Bonchev–Trinajstić information content (AvgIpc) is 2.40. The van der Waals surface area contributed by atoms with Crippen molar-refractivity contribution in [3.05, 3.63) is 70.3 Å². The SMILES string of the molecule is Cc1ccc(CCc2cccc(F)c2F)c(F)c1F. The number of aryl methyl sites for hydroxylation is 3. The molecule has 0 unspecified atom stereocenters. The van der Waals surface area contributed by atoms with Crippen molar-refractivity contribution in [2.45, 2.75) is 19.8 Å². The molecule has 0 aromatic heterocycles. The van der Waals surface area contributed by atoms with Crippen LogP contribution in [0.2, 0.25) is 0 Å². The lowest BCUT2D eigenvalue weighted by atomic mass is 10.0. The summed E-state index contributed by atoms with van der Waals surface area (Å²) in [6.07, 6.45) is 0.229. The highest BCUT2D eigenvalue weighted by Crippen LogP contribution is 2.19. The van der Waals surface area contributed by atoms with E-state index in [1.165, 1.54) is 31.2 Å². The summed E-state index contributed by atoms with van der Waals surface area (Å²) in [6, 6.07) is 6.77. The molecule has 0 spiro atoms. The fraction of sp³-hybridized carbons (Fsp3) is 0.200. The lowest BCUT2D eigenvalue weighted by Gasteiger charge is -2.07. The first kappa shape index (κ1) is 13.6. The number of hydrogen-bond donors (Lipinski definition) is 0. The van der Waals surface area contributed by atoms with Gasteiger partial charge >= 0.3 is 0 Å². The standard InChI is InChI=1S/C15H12F4/c1-9-5-6-11(15(19)13(9)17)8-7-10-3-2-4-12(16)14(10)18/h2-6H,7-8H2,1H3. The van der Waals surface area contributed by atoms with Gasteiger partial charge in [-0.3, -0.25) is 0 Å². The lowest BCUT2D eigenvalue weighted by molar-refractivity contribution is 0.488. The van der Waals surface area contributed by atoms with Crippen LogP contribution in [0.3, 0.4) is 0 Å². The summed E-state index contributed by atoms with van der Waals surface area (Å²) in [5.74, 6) is -3.68. The second kappa shape index (κ2) is 5.43. The average molecular weight is 268 g/mol. The Labute approximate surface area is 108 Å². The molecule has 2 aromatic carbocycles. The van der Waals surface area contributed by atoms with Gasteiger partial charge in [0.05, 0.1) is 0 Å². The first-order chi connectivity index (χ1) is 9.00. The quantitative estimate of drug-likeness (QED) is 0.726. The fourth-order valence-corrected chi connectivity index (χ4v) is 1.89. The summed E-state index contributed by atoms with van der Waals surface area (Å²) in [7, 11) is 0. The maximum Gasteiger partial charge on any atom is 0.162 e. The van der Waals surface area contributed by atoms with Gasteiger partial charge in [-0.15, -0.1) is 0 Å². The molecule has 0 nitrogen and oxygen atoms in total. The van der Waals surface area contributed by atoms with Crippen molar-refractivity contribution in [2.24, 2.45) is 0 Å². The summed E-state index contributed by atoms with van der Waals surface area (Å²) >= 11 is 0. The van der Waals surface area contributed by atoms with E-state index in [1.54, 1.807) is 0 Å². The van der Waals surface area contributed by atoms with E-state index in [-0.39, 0.29) is 29.5 Å². The zero-order chi connectivity index (χ0) is 14.0. The molecule has 0 fully saturated rings. The van der Waals surface area contributed by atoms with Crippen molar-refractivity contribution < 1.29 is 17.6 Å². The lowest BCUT2D eigenvalue weighted by Crippen LogP contribution is -2.01. The molecule has 0 radical (unpaired) electrons. The summed E-state index contributed by atoms with van der Waals surface area (Å²) in [5.41, 5.74) is 0.533. The molecular formula is C15H12F4. The van der Waals surface area contributed by atoms with Crippen LogP contribution >= 0.6 is 0 Å². The molecular weight excluding hydrogens is 256 g/mol. The summed E-state index contributed by atoms with van der Waals surface area (Å²) < 4.78 is 53.4. The normalized spacial score (nSPS) is 10.8. The van der Waals surface area contributed by atoms with Gasteiger partial charge in [-0.25, -0.2) is 17.6 Å². The van der Waals surface area contributed by atoms with E-state index in [0.717, 1.165) is 6.07 Å². The van der Waals surface area contributed by atoms with Crippen LogP contribution in [0.25, 0.3) is 0 Å². The van der Waals surface area contributed by atoms with E-state index >= 15 is 0 Å². The zero-order valence-corrected chi connectivity index (χ0v) is 10.3. The minimum Gasteiger partial charge on any atom is -0.204 e. The predicted octanol–water partition coefficient (Wildman–Crippen LogP) is 4.34. The Morgan fingerprint density at radius 2 is 1.37 bits per heavy atom. The van der Waals surface area contributed by atoms with Crippen LogP contribution < -0.4 is 0 Å². The summed E-state index contributed by atoms with van der Waals surface area (Å²) in [6.45, 7) is 1.47. The molecule has 0 aliphatic heterocycles. The molecule has 0 heterocycles. The Morgan fingerprint density at radius 1 is 0.737 bits per heavy atom. The Bertz CT molecular complexity index is 605. The summed E-state index contributed by atoms with van der Waals surface area (Å²) in [5, 5.41) is 0. The molecule has 0 amide bonds. The molecule has 0 aliphatic carbocycles. The third-order valence-corrected chi connectivity index (χ3v) is 3.05. The first-order valence-corrected chi connectivity index (χ1v) is 5.87. The van der Waals surface area contributed by atoms with Gasteiger partial charge in [-0.05, 0) is 42.5 Å². The largest absolute Gasteiger partial charge is 0.204 e. The molecule has 0 saturated heterocycles. The molecule has 0 atom stereocenters. The molecule has 4 heteroatoms. The van der Waals surface area contributed by atoms with Crippen molar-refractivity contribution >= 4 is 0 Å². The van der Waals surface area contributed by atoms with Crippen molar-refractivity contribution in [3.8, 4) is 0 Å². The fourth-order valence-electron chi connectivity index (χ4n) is 1.89. The third-order valence-electron chi connectivity index (χ3n) is 3.05. The van der Waals surface area contributed by atoms with E-state index in [2.05, 4.69) is 0 Å². The molecule has 0 N–H and O–H groups in total. The molecule has 2 aromatic rings. The van der Waals surface area contributed by atoms with Crippen molar-refractivity contribution in [3.63, 3.8) is 0 Å². The Balaban J connectivity index is 2.20. The van der Waals surface area contributed by atoms with Gasteiger partial charge in [0.2, 0.25) is 0 Å². The molecule has 0 saturated carbocycles. The maximum atomic E-state index is 13.6. The van der Waals surface area contributed by atoms with Gasteiger partial charge in [-0.1, -0.05) is 24.3 Å². The maximum absolute atomic E-state index is 13.6. The Hall–Kier alpha value is -1.84. The second-order valence-corrected chi connectivity index (χ2v) is 4.38. The number of benzene rings is 2. The third kappa shape index (κ3) is 2.78. The predicted molar refractivity (Wildman–Crippen MR) is 64.9 cm³/mol. The van der Waals surface area contributed by atoms with Crippen LogP contribution in [0.15, 0.2) is 30.3 Å². The highest BCUT2D eigenvalue weighted by molar-refractivity contribution is 5.27. The van der Waals surface area contributed by atoms with Crippen molar-refractivity contribution in [1.29, 1.82) is 0 Å². The van der Waals surface area contributed by atoms with Gasteiger partial charge in [-0.2, -0.15) is 0 Å². The van der Waals surface area contributed by atoms with Crippen LogP contribution in [0.5, 0.6) is 0 Å². The molecule has 0 aliphatic rings. The van der Waals surface area contributed by atoms with Crippen LogP contribution in [0.1, 0.15) is 16.7 Å². The topological polar surface area (TPSA) is 0 Å². The minimum atomic E-state index is -0.937. The molecule has 100 valence electrons. The van der Waals surface area contributed by atoms with Crippen molar-refractivity contribution in [1.82, 2.24) is 0 Å². The van der Waals surface area contributed by atoms with Gasteiger partial charge < -0.3 is 0 Å².